The van der Waals surface area contributed by atoms with E-state index in [2.05, 4.69) is 9.79 Å². The average molecular weight is 306 g/mol. The van der Waals surface area contributed by atoms with Crippen LogP contribution in [0.3, 0.4) is 0 Å². The van der Waals surface area contributed by atoms with Crippen molar-refractivity contribution in [2.75, 3.05) is 0 Å². The van der Waals surface area contributed by atoms with E-state index in [1.54, 1.807) is 30.4 Å². The molecule has 0 aliphatic heterocycles. The van der Waals surface area contributed by atoms with Crippen LogP contribution in [0, 0.1) is 5.21 Å². The summed E-state index contributed by atoms with van der Waals surface area (Å²) in [6, 6.07) is 9.74. The smallest absolute Gasteiger partial charge is 0.359 e. The molecule has 112 valence electrons. The van der Waals surface area contributed by atoms with Gasteiger partial charge >= 0.3 is 6.18 Å². The van der Waals surface area contributed by atoms with Crippen LogP contribution in [0.25, 0.3) is 23.2 Å². The lowest BCUT2D eigenvalue weighted by Crippen LogP contribution is -2.22. The van der Waals surface area contributed by atoms with Crippen molar-refractivity contribution in [3.8, 4) is 0 Å². The topological polar surface area (TPSA) is 53.0 Å². The molecule has 0 aliphatic carbocycles. The number of hydrogen-bond acceptors (Lipinski definition) is 3. The minimum Gasteiger partial charge on any atom is -0.359 e. The van der Waals surface area contributed by atoms with Crippen molar-refractivity contribution in [2.45, 2.75) is 6.18 Å². The number of alkyl halides is 3. The molecule has 3 rings (SSSR count). The lowest BCUT2D eigenvalue weighted by molar-refractivity contribution is -0.782. The molecule has 0 fully saturated rings. The Morgan fingerprint density at radius 2 is 1.64 bits per heavy atom. The molecule has 0 unspecified atom stereocenters. The molecule has 1 aromatic heterocycles. The molecule has 0 spiro atoms. The summed E-state index contributed by atoms with van der Waals surface area (Å²) >= 11 is 0. The van der Waals surface area contributed by atoms with Gasteiger partial charge in [0.05, 0.1) is 5.56 Å². The molecule has 0 N–H and O–H groups in total. The van der Waals surface area contributed by atoms with Crippen LogP contribution in [0.15, 0.2) is 47.1 Å². The first-order valence-electron chi connectivity index (χ1n) is 6.28. The van der Waals surface area contributed by atoms with E-state index < -0.39 is 11.7 Å². The maximum absolute atomic E-state index is 12.5. The third kappa shape index (κ3) is 2.78. The second-order valence-corrected chi connectivity index (χ2v) is 4.63. The number of nitrogens with zero attached hydrogens (tertiary/aromatic N) is 2. The fourth-order valence-electron chi connectivity index (χ4n) is 1.97. The predicted molar refractivity (Wildman–Crippen MR) is 73.3 cm³/mol. The Labute approximate surface area is 122 Å². The summed E-state index contributed by atoms with van der Waals surface area (Å²) in [4.78, 5) is 0.296. The molecule has 7 heteroatoms. The largest absolute Gasteiger partial charge is 0.416 e. The van der Waals surface area contributed by atoms with Gasteiger partial charge in [0.2, 0.25) is 11.0 Å². The van der Waals surface area contributed by atoms with E-state index in [9.17, 15) is 18.4 Å². The zero-order valence-electron chi connectivity index (χ0n) is 11.0. The Kier molecular flexibility index (Phi) is 3.32. The van der Waals surface area contributed by atoms with Crippen LogP contribution in [-0.2, 0) is 6.18 Å². The number of benzene rings is 2. The highest BCUT2D eigenvalue weighted by Gasteiger charge is 2.29. The molecule has 0 bridgehead atoms. The van der Waals surface area contributed by atoms with Crippen LogP contribution < -0.4 is 4.90 Å². The Hall–Kier alpha value is -2.83. The summed E-state index contributed by atoms with van der Waals surface area (Å²) in [5.74, 6) is 0. The van der Waals surface area contributed by atoms with Crippen LogP contribution in [0.4, 0.5) is 13.2 Å². The summed E-state index contributed by atoms with van der Waals surface area (Å²) in [6.07, 6.45) is -0.998. The second-order valence-electron chi connectivity index (χ2n) is 4.63. The van der Waals surface area contributed by atoms with Gasteiger partial charge in [-0.1, -0.05) is 30.4 Å². The van der Waals surface area contributed by atoms with Gasteiger partial charge in [0.1, 0.15) is 0 Å². The van der Waals surface area contributed by atoms with Gasteiger partial charge in [0.25, 0.3) is 0 Å². The molecule has 0 saturated carbocycles. The van der Waals surface area contributed by atoms with Gasteiger partial charge in [-0.3, -0.25) is 4.63 Å². The van der Waals surface area contributed by atoms with Crippen LogP contribution in [0.1, 0.15) is 16.7 Å². The molecule has 1 heterocycles. The monoisotopic (exact) mass is 306 g/mol. The SMILES string of the molecule is [O-][n+]1onc2ccc(/C=C/c3ccc(C(F)(F)F)cc3)cc21. The quantitative estimate of drug-likeness (QED) is 0.536. The first-order valence-corrected chi connectivity index (χ1v) is 6.28. The third-order valence-corrected chi connectivity index (χ3v) is 3.12. The lowest BCUT2D eigenvalue weighted by Gasteiger charge is -2.05. The van der Waals surface area contributed by atoms with Crippen LogP contribution in [-0.4, -0.2) is 5.16 Å². The number of halogens is 3. The van der Waals surface area contributed by atoms with Gasteiger partial charge in [-0.2, -0.15) is 13.2 Å². The van der Waals surface area contributed by atoms with Crippen molar-refractivity contribution < 1.29 is 22.7 Å². The van der Waals surface area contributed by atoms with Crippen LogP contribution in [0.2, 0.25) is 0 Å². The van der Waals surface area contributed by atoms with Crippen molar-refractivity contribution in [1.82, 2.24) is 5.16 Å². The van der Waals surface area contributed by atoms with Gasteiger partial charge in [-0.05, 0) is 34.2 Å². The van der Waals surface area contributed by atoms with Crippen molar-refractivity contribution in [1.29, 1.82) is 0 Å². The highest BCUT2D eigenvalue weighted by Crippen LogP contribution is 2.29. The molecule has 0 atom stereocenters. The summed E-state index contributed by atoms with van der Waals surface area (Å²) in [5, 5.41) is 14.8. The normalized spacial score (nSPS) is 12.3. The number of aromatic nitrogens is 2. The zero-order valence-corrected chi connectivity index (χ0v) is 11.0. The van der Waals surface area contributed by atoms with Crippen LogP contribution in [0.5, 0.6) is 0 Å². The number of fused-ring (bicyclic) bond motifs is 1. The first kappa shape index (κ1) is 14.1. The Bertz CT molecular complexity index is 836. The predicted octanol–water partition coefficient (Wildman–Crippen LogP) is 3.65. The van der Waals surface area contributed by atoms with E-state index in [-0.39, 0.29) is 5.52 Å². The standard InChI is InChI=1S/C15H9F3N2O2/c16-15(17,18)12-6-3-10(4-7-12)1-2-11-5-8-13-14(9-11)20(21)22-19-13/h1-9H/b2-1+. The maximum Gasteiger partial charge on any atom is 0.416 e. The first-order chi connectivity index (χ1) is 10.4. The van der Waals surface area contributed by atoms with E-state index in [1.807, 2.05) is 0 Å². The van der Waals surface area contributed by atoms with E-state index in [4.69, 9.17) is 0 Å². The second kappa shape index (κ2) is 5.18. The average Bonchev–Trinajstić information content (AvgIpc) is 2.86. The molecule has 0 aliphatic rings. The summed E-state index contributed by atoms with van der Waals surface area (Å²) in [5.41, 5.74) is 1.35. The Morgan fingerprint density at radius 1 is 1.00 bits per heavy atom. The Balaban J connectivity index is 1.84. The van der Waals surface area contributed by atoms with Gasteiger partial charge < -0.3 is 5.21 Å². The van der Waals surface area contributed by atoms with Crippen molar-refractivity contribution in [3.63, 3.8) is 0 Å². The molecule has 3 aromatic rings. The molecule has 0 saturated heterocycles. The summed E-state index contributed by atoms with van der Waals surface area (Å²) in [6.45, 7) is 0. The number of hydrogen-bond donors (Lipinski definition) is 0. The van der Waals surface area contributed by atoms with E-state index in [0.29, 0.717) is 21.5 Å². The minimum absolute atomic E-state index is 0.287. The van der Waals surface area contributed by atoms with E-state index in [1.165, 1.54) is 12.1 Å². The molecule has 2 aromatic carbocycles. The summed E-state index contributed by atoms with van der Waals surface area (Å²) < 4.78 is 41.8. The van der Waals surface area contributed by atoms with Crippen molar-refractivity contribution in [2.24, 2.45) is 0 Å². The molecule has 0 radical (unpaired) electrons. The molecule has 0 amide bonds. The highest BCUT2D eigenvalue weighted by molar-refractivity contribution is 5.77. The van der Waals surface area contributed by atoms with Gasteiger partial charge in [0.15, 0.2) is 0 Å². The molecular weight excluding hydrogens is 297 g/mol. The molecular formula is C15H9F3N2O2. The fourth-order valence-corrected chi connectivity index (χ4v) is 1.97. The van der Waals surface area contributed by atoms with Gasteiger partial charge in [-0.25, -0.2) is 0 Å². The van der Waals surface area contributed by atoms with E-state index in [0.717, 1.165) is 12.1 Å². The summed E-state index contributed by atoms with van der Waals surface area (Å²) in [7, 11) is 0. The van der Waals surface area contributed by atoms with Crippen molar-refractivity contribution in [3.05, 3.63) is 64.4 Å². The molecule has 22 heavy (non-hydrogen) atoms. The van der Waals surface area contributed by atoms with Crippen molar-refractivity contribution >= 4 is 23.2 Å². The van der Waals surface area contributed by atoms with Gasteiger partial charge in [-0.15, -0.1) is 0 Å². The number of rotatable bonds is 2. The van der Waals surface area contributed by atoms with Crippen LogP contribution >= 0.6 is 0 Å². The zero-order chi connectivity index (χ0) is 15.7. The highest BCUT2D eigenvalue weighted by atomic mass is 19.4. The van der Waals surface area contributed by atoms with E-state index >= 15 is 0 Å². The lowest BCUT2D eigenvalue weighted by atomic mass is 10.1. The molecule has 4 nitrogen and oxygen atoms in total. The third-order valence-electron chi connectivity index (χ3n) is 3.12. The maximum atomic E-state index is 12.5. The minimum atomic E-state index is -4.34. The fraction of sp³-hybridized carbons (Fsp3) is 0.0667. The Morgan fingerprint density at radius 3 is 2.32 bits per heavy atom. The van der Waals surface area contributed by atoms with Gasteiger partial charge in [0, 0.05) is 11.2 Å².